The van der Waals surface area contributed by atoms with E-state index >= 15 is 0 Å². The minimum atomic E-state index is -0.832. The molecule has 144 valence electrons. The van der Waals surface area contributed by atoms with Crippen molar-refractivity contribution in [2.75, 3.05) is 37.6 Å². The van der Waals surface area contributed by atoms with Crippen molar-refractivity contribution >= 4 is 23.5 Å². The van der Waals surface area contributed by atoms with Crippen LogP contribution in [0.2, 0.25) is 0 Å². The average Bonchev–Trinajstić information content (AvgIpc) is 3.48. The lowest BCUT2D eigenvalue weighted by atomic mass is 9.96. The number of rotatable bonds is 4. The number of piperazine rings is 1. The van der Waals surface area contributed by atoms with Gasteiger partial charge in [-0.1, -0.05) is 12.1 Å². The van der Waals surface area contributed by atoms with Crippen molar-refractivity contribution in [1.82, 2.24) is 15.1 Å². The largest absolute Gasteiger partial charge is 0.368 e. The van der Waals surface area contributed by atoms with Crippen molar-refractivity contribution in [2.24, 2.45) is 5.92 Å². The molecule has 1 N–H and O–H groups in total. The molecule has 2 heterocycles. The fraction of sp³-hybridized carbons (Fsp3) is 0.550. The number of amides is 4. The normalized spacial score (nSPS) is 25.8. The number of aryl methyl sites for hydroxylation is 1. The Morgan fingerprint density at radius 2 is 1.89 bits per heavy atom. The van der Waals surface area contributed by atoms with Gasteiger partial charge in [0.2, 0.25) is 5.91 Å². The highest BCUT2D eigenvalue weighted by Gasteiger charge is 2.56. The number of anilines is 1. The number of benzene rings is 1. The Kier molecular flexibility index (Phi) is 4.32. The topological polar surface area (TPSA) is 73.0 Å². The number of nitrogens with zero attached hydrogens (tertiary/aromatic N) is 3. The first-order valence-corrected chi connectivity index (χ1v) is 9.62. The maximum Gasteiger partial charge on any atom is 0.325 e. The third-order valence-electron chi connectivity index (χ3n) is 5.99. The van der Waals surface area contributed by atoms with Crippen LogP contribution >= 0.6 is 0 Å². The molecule has 2 aliphatic heterocycles. The van der Waals surface area contributed by atoms with E-state index in [0.717, 1.165) is 36.5 Å². The minimum absolute atomic E-state index is 0.164. The number of imide groups is 1. The van der Waals surface area contributed by atoms with Crippen molar-refractivity contribution in [1.29, 1.82) is 0 Å². The predicted molar refractivity (Wildman–Crippen MR) is 101 cm³/mol. The van der Waals surface area contributed by atoms with Crippen LogP contribution in [-0.2, 0) is 9.59 Å². The summed E-state index contributed by atoms with van der Waals surface area (Å²) in [6.45, 7) is 6.35. The highest BCUT2D eigenvalue weighted by Crippen LogP contribution is 2.42. The second-order valence-corrected chi connectivity index (χ2v) is 8.00. The summed E-state index contributed by atoms with van der Waals surface area (Å²) in [6, 6.07) is 7.88. The van der Waals surface area contributed by atoms with Crippen LogP contribution in [0.15, 0.2) is 24.3 Å². The Hall–Kier alpha value is -2.57. The summed E-state index contributed by atoms with van der Waals surface area (Å²) in [5, 5.41) is 2.79. The Labute approximate surface area is 159 Å². The van der Waals surface area contributed by atoms with E-state index in [0.29, 0.717) is 13.1 Å². The summed E-state index contributed by atoms with van der Waals surface area (Å²) < 4.78 is 0. The maximum atomic E-state index is 12.7. The van der Waals surface area contributed by atoms with E-state index in [2.05, 4.69) is 35.3 Å². The summed E-state index contributed by atoms with van der Waals surface area (Å²) in [7, 11) is 0. The Bertz CT molecular complexity index is 783. The molecule has 0 radical (unpaired) electrons. The van der Waals surface area contributed by atoms with Gasteiger partial charge in [-0.3, -0.25) is 14.5 Å². The standard InChI is InChI=1S/C20H26N4O3/c1-14-4-3-5-16(12-14)22-8-10-23(11-9-22)17(25)13-24-18(26)20(2,15-6-7-15)21-19(24)27/h3-5,12,15H,6-11,13H2,1-2H3,(H,21,27)/t20-/m1/s1. The third kappa shape index (κ3) is 3.26. The second kappa shape index (κ2) is 6.55. The molecule has 0 unspecified atom stereocenters. The van der Waals surface area contributed by atoms with Crippen LogP contribution in [0.3, 0.4) is 0 Å². The van der Waals surface area contributed by atoms with E-state index in [1.165, 1.54) is 5.56 Å². The molecule has 0 spiro atoms. The molecule has 2 saturated heterocycles. The molecule has 1 atom stereocenters. The molecular weight excluding hydrogens is 344 g/mol. The lowest BCUT2D eigenvalue weighted by Crippen LogP contribution is -2.52. The van der Waals surface area contributed by atoms with Gasteiger partial charge in [-0.15, -0.1) is 0 Å². The van der Waals surface area contributed by atoms with Gasteiger partial charge in [0.15, 0.2) is 0 Å². The zero-order valence-electron chi connectivity index (χ0n) is 15.9. The maximum absolute atomic E-state index is 12.7. The van der Waals surface area contributed by atoms with Crippen molar-refractivity contribution < 1.29 is 14.4 Å². The SMILES string of the molecule is Cc1cccc(N2CCN(C(=O)CN3C(=O)N[C@](C)(C4CC4)C3=O)CC2)c1. The summed E-state index contributed by atoms with van der Waals surface area (Å²) >= 11 is 0. The summed E-state index contributed by atoms with van der Waals surface area (Å²) in [5.41, 5.74) is 1.54. The van der Waals surface area contributed by atoms with Gasteiger partial charge in [-0.2, -0.15) is 0 Å². The molecule has 1 aliphatic carbocycles. The van der Waals surface area contributed by atoms with E-state index in [1.807, 2.05) is 6.07 Å². The molecule has 1 aromatic carbocycles. The first kappa shape index (κ1) is 17.8. The highest BCUT2D eigenvalue weighted by atomic mass is 16.2. The third-order valence-corrected chi connectivity index (χ3v) is 5.99. The van der Waals surface area contributed by atoms with Crippen molar-refractivity contribution in [3.8, 4) is 0 Å². The fourth-order valence-electron chi connectivity index (χ4n) is 4.07. The van der Waals surface area contributed by atoms with Gasteiger partial charge >= 0.3 is 6.03 Å². The quantitative estimate of drug-likeness (QED) is 0.813. The molecule has 4 amide bonds. The van der Waals surface area contributed by atoms with Gasteiger partial charge in [0.05, 0.1) is 0 Å². The van der Waals surface area contributed by atoms with Crippen LogP contribution in [-0.4, -0.2) is 65.9 Å². The van der Waals surface area contributed by atoms with Crippen LogP contribution in [0.5, 0.6) is 0 Å². The number of carbonyl (C=O) groups excluding carboxylic acids is 3. The highest BCUT2D eigenvalue weighted by molar-refractivity contribution is 6.09. The molecule has 0 aromatic heterocycles. The summed E-state index contributed by atoms with van der Waals surface area (Å²) in [5.74, 6) is -0.226. The van der Waals surface area contributed by atoms with E-state index < -0.39 is 11.6 Å². The number of urea groups is 1. The van der Waals surface area contributed by atoms with Crippen molar-refractivity contribution in [3.63, 3.8) is 0 Å². The minimum Gasteiger partial charge on any atom is -0.368 e. The van der Waals surface area contributed by atoms with Gasteiger partial charge in [0.1, 0.15) is 12.1 Å². The van der Waals surface area contributed by atoms with Gasteiger partial charge < -0.3 is 15.1 Å². The van der Waals surface area contributed by atoms with Crippen LogP contribution in [0, 0.1) is 12.8 Å². The molecule has 1 saturated carbocycles. The first-order valence-electron chi connectivity index (χ1n) is 9.62. The lowest BCUT2D eigenvalue weighted by Gasteiger charge is -2.36. The number of hydrogen-bond donors (Lipinski definition) is 1. The molecule has 27 heavy (non-hydrogen) atoms. The van der Waals surface area contributed by atoms with Crippen LogP contribution < -0.4 is 10.2 Å². The lowest BCUT2D eigenvalue weighted by molar-refractivity contribution is -0.139. The van der Waals surface area contributed by atoms with Gasteiger partial charge in [0.25, 0.3) is 5.91 Å². The molecule has 7 nitrogen and oxygen atoms in total. The van der Waals surface area contributed by atoms with Crippen LogP contribution in [0.4, 0.5) is 10.5 Å². The van der Waals surface area contributed by atoms with Gasteiger partial charge in [-0.25, -0.2) is 4.79 Å². The Morgan fingerprint density at radius 1 is 1.19 bits per heavy atom. The predicted octanol–water partition coefficient (Wildman–Crippen LogP) is 1.36. The molecule has 3 aliphatic rings. The Morgan fingerprint density at radius 3 is 2.52 bits per heavy atom. The fourth-order valence-corrected chi connectivity index (χ4v) is 4.07. The van der Waals surface area contributed by atoms with E-state index in [-0.39, 0.29) is 24.3 Å². The van der Waals surface area contributed by atoms with Crippen LogP contribution in [0.25, 0.3) is 0 Å². The molecule has 3 fully saturated rings. The van der Waals surface area contributed by atoms with E-state index in [4.69, 9.17) is 0 Å². The second-order valence-electron chi connectivity index (χ2n) is 8.00. The molecule has 7 heteroatoms. The summed E-state index contributed by atoms with van der Waals surface area (Å²) in [4.78, 5) is 42.7. The number of nitrogens with one attached hydrogen (secondary N) is 1. The monoisotopic (exact) mass is 370 g/mol. The van der Waals surface area contributed by atoms with Gasteiger partial charge in [-0.05, 0) is 50.3 Å². The van der Waals surface area contributed by atoms with Crippen molar-refractivity contribution in [3.05, 3.63) is 29.8 Å². The zero-order valence-corrected chi connectivity index (χ0v) is 15.9. The van der Waals surface area contributed by atoms with Gasteiger partial charge in [0, 0.05) is 31.9 Å². The molecule has 4 rings (SSSR count). The van der Waals surface area contributed by atoms with E-state index in [1.54, 1.807) is 11.8 Å². The molecular formula is C20H26N4O3. The van der Waals surface area contributed by atoms with Crippen molar-refractivity contribution in [2.45, 2.75) is 32.2 Å². The summed E-state index contributed by atoms with van der Waals surface area (Å²) in [6.07, 6.45) is 1.90. The number of carbonyl (C=O) groups is 3. The Balaban J connectivity index is 1.35. The number of hydrogen-bond acceptors (Lipinski definition) is 4. The molecule has 0 bridgehead atoms. The molecule has 1 aromatic rings. The average molecular weight is 370 g/mol. The van der Waals surface area contributed by atoms with Crippen LogP contribution in [0.1, 0.15) is 25.3 Å². The van der Waals surface area contributed by atoms with E-state index in [9.17, 15) is 14.4 Å². The first-order chi connectivity index (χ1) is 12.9. The zero-order chi connectivity index (χ0) is 19.2. The smallest absolute Gasteiger partial charge is 0.325 e.